The Balaban J connectivity index is 2.70. The topological polar surface area (TPSA) is 82.3 Å². The number of rotatable bonds is 6. The molecule has 1 aromatic carbocycles. The van der Waals surface area contributed by atoms with Crippen LogP contribution in [0.5, 0.6) is 0 Å². The summed E-state index contributed by atoms with van der Waals surface area (Å²) < 4.78 is 5.03. The summed E-state index contributed by atoms with van der Waals surface area (Å²) in [5.74, 6) is -0.935. The zero-order valence-corrected chi connectivity index (χ0v) is 10.6. The molecule has 0 radical (unpaired) electrons. The van der Waals surface area contributed by atoms with E-state index in [0.717, 1.165) is 0 Å². The molecule has 0 spiro atoms. The van der Waals surface area contributed by atoms with Gasteiger partial charge in [-0.3, -0.25) is 4.79 Å². The van der Waals surface area contributed by atoms with Crippen LogP contribution in [0.3, 0.4) is 0 Å². The van der Waals surface area contributed by atoms with Gasteiger partial charge >= 0.3 is 5.97 Å². The maximum absolute atomic E-state index is 10.6. The molecule has 2 N–H and O–H groups in total. The van der Waals surface area contributed by atoms with Gasteiger partial charge in [-0.05, 0) is 18.2 Å². The van der Waals surface area contributed by atoms with Crippen molar-refractivity contribution in [3.05, 3.63) is 28.8 Å². The number of nitriles is 1. The lowest BCUT2D eigenvalue weighted by molar-refractivity contribution is -0.139. The number of nitrogens with one attached hydrogen (secondary N) is 1. The van der Waals surface area contributed by atoms with Crippen molar-refractivity contribution in [3.8, 4) is 6.07 Å². The highest BCUT2D eigenvalue weighted by Crippen LogP contribution is 2.20. The Morgan fingerprint density at radius 1 is 1.67 bits per heavy atom. The first kappa shape index (κ1) is 14.3. The van der Waals surface area contributed by atoms with Gasteiger partial charge in [-0.15, -0.1) is 0 Å². The first-order valence-corrected chi connectivity index (χ1v) is 5.62. The number of hydrogen-bond acceptors (Lipinski definition) is 4. The van der Waals surface area contributed by atoms with Crippen LogP contribution in [0.2, 0.25) is 5.02 Å². The molecular weight excluding hydrogens is 256 g/mol. The molecule has 0 aliphatic rings. The quantitative estimate of drug-likeness (QED) is 0.826. The fourth-order valence-electron chi connectivity index (χ4n) is 1.42. The van der Waals surface area contributed by atoms with Gasteiger partial charge in [-0.25, -0.2) is 0 Å². The number of ether oxygens (including phenoxy) is 1. The van der Waals surface area contributed by atoms with E-state index in [9.17, 15) is 4.79 Å². The number of nitrogens with zero attached hydrogens (tertiary/aromatic N) is 1. The summed E-state index contributed by atoms with van der Waals surface area (Å²) in [5.41, 5.74) is 1.02. The Labute approximate surface area is 110 Å². The van der Waals surface area contributed by atoms with Crippen molar-refractivity contribution >= 4 is 23.3 Å². The third-order valence-corrected chi connectivity index (χ3v) is 2.59. The Kier molecular flexibility index (Phi) is 5.43. The second-order valence-corrected chi connectivity index (χ2v) is 4.07. The molecule has 0 fully saturated rings. The number of halogens is 1. The zero-order chi connectivity index (χ0) is 13.5. The van der Waals surface area contributed by atoms with Crippen LogP contribution in [0.1, 0.15) is 12.0 Å². The fourth-order valence-corrected chi connectivity index (χ4v) is 1.59. The fraction of sp³-hybridized carbons (Fsp3) is 0.333. The van der Waals surface area contributed by atoms with Crippen LogP contribution in [0, 0.1) is 11.3 Å². The van der Waals surface area contributed by atoms with Crippen LogP contribution < -0.4 is 5.32 Å². The minimum atomic E-state index is -0.935. The van der Waals surface area contributed by atoms with Gasteiger partial charge in [0, 0.05) is 18.7 Å². The van der Waals surface area contributed by atoms with Crippen molar-refractivity contribution < 1.29 is 14.6 Å². The molecule has 0 bridgehead atoms. The second kappa shape index (κ2) is 6.84. The molecule has 0 amide bonds. The smallest absolute Gasteiger partial charge is 0.306 e. The van der Waals surface area contributed by atoms with Crippen molar-refractivity contribution in [2.24, 2.45) is 0 Å². The van der Waals surface area contributed by atoms with Gasteiger partial charge in [0.2, 0.25) is 0 Å². The van der Waals surface area contributed by atoms with Crippen molar-refractivity contribution in [3.63, 3.8) is 0 Å². The molecule has 1 aromatic rings. The SMILES string of the molecule is COC(CNc1cc(Cl)ccc1C#N)CC(=O)O. The molecule has 6 heteroatoms. The third kappa shape index (κ3) is 4.24. The maximum atomic E-state index is 10.6. The van der Waals surface area contributed by atoms with Crippen LogP contribution in [-0.2, 0) is 9.53 Å². The van der Waals surface area contributed by atoms with Gasteiger partial charge in [0.1, 0.15) is 6.07 Å². The van der Waals surface area contributed by atoms with Crippen molar-refractivity contribution in [2.45, 2.75) is 12.5 Å². The van der Waals surface area contributed by atoms with E-state index >= 15 is 0 Å². The lowest BCUT2D eigenvalue weighted by Crippen LogP contribution is -2.25. The van der Waals surface area contributed by atoms with Crippen LogP contribution in [0.4, 0.5) is 5.69 Å². The molecule has 1 unspecified atom stereocenters. The van der Waals surface area contributed by atoms with Crippen molar-refractivity contribution in [1.82, 2.24) is 0 Å². The molecule has 0 aliphatic carbocycles. The second-order valence-electron chi connectivity index (χ2n) is 3.64. The molecule has 18 heavy (non-hydrogen) atoms. The largest absolute Gasteiger partial charge is 0.481 e. The van der Waals surface area contributed by atoms with E-state index in [1.165, 1.54) is 7.11 Å². The molecule has 0 saturated heterocycles. The number of carbonyl (C=O) groups is 1. The van der Waals surface area contributed by atoms with E-state index in [-0.39, 0.29) is 13.0 Å². The summed E-state index contributed by atoms with van der Waals surface area (Å²) in [4.78, 5) is 10.6. The first-order valence-electron chi connectivity index (χ1n) is 5.25. The van der Waals surface area contributed by atoms with Crippen LogP contribution >= 0.6 is 11.6 Å². The Morgan fingerprint density at radius 3 is 2.94 bits per heavy atom. The van der Waals surface area contributed by atoms with E-state index in [1.807, 2.05) is 6.07 Å². The molecule has 5 nitrogen and oxygen atoms in total. The molecule has 1 rings (SSSR count). The predicted octanol–water partition coefficient (Wildman–Crippen LogP) is 2.11. The lowest BCUT2D eigenvalue weighted by atomic mass is 10.2. The number of anilines is 1. The summed E-state index contributed by atoms with van der Waals surface area (Å²) in [6.07, 6.45) is -0.570. The minimum Gasteiger partial charge on any atom is -0.481 e. The molecular formula is C12H13ClN2O3. The monoisotopic (exact) mass is 268 g/mol. The van der Waals surface area contributed by atoms with Gasteiger partial charge in [0.05, 0.1) is 23.8 Å². The number of carboxylic acid groups (broad SMARTS) is 1. The highest BCUT2D eigenvalue weighted by Gasteiger charge is 2.13. The van der Waals surface area contributed by atoms with Gasteiger partial charge < -0.3 is 15.2 Å². The number of aliphatic carboxylic acids is 1. The van der Waals surface area contributed by atoms with Gasteiger partial charge in [0.25, 0.3) is 0 Å². The maximum Gasteiger partial charge on any atom is 0.306 e. The van der Waals surface area contributed by atoms with E-state index in [4.69, 9.17) is 26.7 Å². The Hall–Kier alpha value is -1.77. The standard InChI is InChI=1S/C12H13ClN2O3/c1-18-10(5-12(16)17)7-15-11-4-9(13)3-2-8(11)6-14/h2-4,10,15H,5,7H2,1H3,(H,16,17). The van der Waals surface area contributed by atoms with Crippen LogP contribution in [-0.4, -0.2) is 30.8 Å². The molecule has 0 heterocycles. The van der Waals surface area contributed by atoms with E-state index in [0.29, 0.717) is 16.3 Å². The minimum absolute atomic E-state index is 0.105. The average Bonchev–Trinajstić information content (AvgIpc) is 2.34. The first-order chi connectivity index (χ1) is 8.56. The van der Waals surface area contributed by atoms with Crippen molar-refractivity contribution in [1.29, 1.82) is 5.26 Å². The number of hydrogen-bond donors (Lipinski definition) is 2. The Morgan fingerprint density at radius 2 is 2.39 bits per heavy atom. The Bertz CT molecular complexity index is 471. The van der Waals surface area contributed by atoms with Gasteiger partial charge in [-0.1, -0.05) is 11.6 Å². The summed E-state index contributed by atoms with van der Waals surface area (Å²) in [7, 11) is 1.44. The molecule has 0 aromatic heterocycles. The average molecular weight is 269 g/mol. The number of methoxy groups -OCH3 is 1. The zero-order valence-electron chi connectivity index (χ0n) is 9.81. The summed E-state index contributed by atoms with van der Waals surface area (Å²) in [5, 5.41) is 21.1. The lowest BCUT2D eigenvalue weighted by Gasteiger charge is -2.15. The predicted molar refractivity (Wildman–Crippen MR) is 67.7 cm³/mol. The highest BCUT2D eigenvalue weighted by atomic mass is 35.5. The highest BCUT2D eigenvalue weighted by molar-refractivity contribution is 6.30. The molecule has 96 valence electrons. The summed E-state index contributed by atoms with van der Waals surface area (Å²) in [6.45, 7) is 0.290. The molecule has 1 atom stereocenters. The normalized spacial score (nSPS) is 11.6. The molecule has 0 saturated carbocycles. The van der Waals surface area contributed by atoms with E-state index in [1.54, 1.807) is 18.2 Å². The van der Waals surface area contributed by atoms with Crippen LogP contribution in [0.15, 0.2) is 18.2 Å². The summed E-state index contributed by atoms with van der Waals surface area (Å²) >= 11 is 5.83. The number of benzene rings is 1. The van der Waals surface area contributed by atoms with E-state index < -0.39 is 12.1 Å². The van der Waals surface area contributed by atoms with E-state index in [2.05, 4.69) is 5.32 Å². The number of carboxylic acids is 1. The van der Waals surface area contributed by atoms with Crippen molar-refractivity contribution in [2.75, 3.05) is 19.0 Å². The van der Waals surface area contributed by atoms with Gasteiger partial charge in [0.15, 0.2) is 0 Å². The summed E-state index contributed by atoms with van der Waals surface area (Å²) in [6, 6.07) is 6.87. The van der Waals surface area contributed by atoms with Gasteiger partial charge in [-0.2, -0.15) is 5.26 Å². The third-order valence-electron chi connectivity index (χ3n) is 2.36. The van der Waals surface area contributed by atoms with Crippen LogP contribution in [0.25, 0.3) is 0 Å². The molecule has 0 aliphatic heterocycles.